The zero-order chi connectivity index (χ0) is 12.1. The van der Waals surface area contributed by atoms with Gasteiger partial charge in [0.15, 0.2) is 0 Å². The van der Waals surface area contributed by atoms with Gasteiger partial charge >= 0.3 is 5.97 Å². The maximum absolute atomic E-state index is 12.0. The van der Waals surface area contributed by atoms with Gasteiger partial charge in [0, 0.05) is 12.6 Å². The number of nitrogens with two attached hydrogens (primary N) is 1. The normalized spacial score (nSPS) is 24.1. The second-order valence-corrected chi connectivity index (χ2v) is 4.10. The highest BCUT2D eigenvalue weighted by Gasteiger charge is 2.33. The Kier molecular flexibility index (Phi) is 4.49. The van der Waals surface area contributed by atoms with Gasteiger partial charge in [-0.05, 0) is 12.8 Å². The summed E-state index contributed by atoms with van der Waals surface area (Å²) >= 11 is 0. The number of amides is 1. The van der Waals surface area contributed by atoms with Crippen molar-refractivity contribution in [1.82, 2.24) is 4.90 Å². The summed E-state index contributed by atoms with van der Waals surface area (Å²) in [6.07, 6.45) is 4.06. The number of carbonyl (C=O) groups is 2. The Morgan fingerprint density at radius 2 is 2.19 bits per heavy atom. The number of hydrogen-bond donors (Lipinski definition) is 2. The zero-order valence-electron chi connectivity index (χ0n) is 9.26. The van der Waals surface area contributed by atoms with Crippen LogP contribution in [-0.2, 0) is 9.59 Å². The molecule has 0 saturated heterocycles. The van der Waals surface area contributed by atoms with E-state index in [1.54, 1.807) is 0 Å². The van der Waals surface area contributed by atoms with Crippen LogP contribution in [-0.4, -0.2) is 41.0 Å². The van der Waals surface area contributed by atoms with E-state index in [-0.39, 0.29) is 31.0 Å². The third-order valence-corrected chi connectivity index (χ3v) is 2.87. The summed E-state index contributed by atoms with van der Waals surface area (Å²) in [5, 5.41) is 8.71. The van der Waals surface area contributed by atoms with E-state index in [4.69, 9.17) is 10.8 Å². The Morgan fingerprint density at radius 3 is 2.62 bits per heavy atom. The standard InChI is InChI=1S/C11H18N2O3/c1-2-6-13(7-10(14)15)11(16)8-4-3-5-9(8)12/h2,8-9H,1,3-7,12H2,(H,14,15). The Morgan fingerprint density at radius 1 is 1.50 bits per heavy atom. The predicted octanol–water partition coefficient (Wildman–Crippen LogP) is 0.213. The number of aliphatic carboxylic acids is 1. The number of nitrogens with zero attached hydrogens (tertiary/aromatic N) is 1. The molecule has 0 radical (unpaired) electrons. The lowest BCUT2D eigenvalue weighted by Crippen LogP contribution is -2.43. The van der Waals surface area contributed by atoms with Crippen LogP contribution in [0.15, 0.2) is 12.7 Å². The third-order valence-electron chi connectivity index (χ3n) is 2.87. The van der Waals surface area contributed by atoms with Gasteiger partial charge < -0.3 is 15.7 Å². The molecule has 0 bridgehead atoms. The molecule has 1 aliphatic rings. The summed E-state index contributed by atoms with van der Waals surface area (Å²) in [4.78, 5) is 23.9. The van der Waals surface area contributed by atoms with Crippen LogP contribution in [0.2, 0.25) is 0 Å². The van der Waals surface area contributed by atoms with Crippen LogP contribution in [0.1, 0.15) is 19.3 Å². The first kappa shape index (κ1) is 12.7. The van der Waals surface area contributed by atoms with Gasteiger partial charge in [0.2, 0.25) is 5.91 Å². The average Bonchev–Trinajstić information content (AvgIpc) is 2.62. The molecule has 16 heavy (non-hydrogen) atoms. The topological polar surface area (TPSA) is 83.6 Å². The molecule has 90 valence electrons. The summed E-state index contributed by atoms with van der Waals surface area (Å²) in [5.74, 6) is -1.40. The lowest BCUT2D eigenvalue weighted by atomic mass is 10.0. The van der Waals surface area contributed by atoms with E-state index in [1.807, 2.05) is 0 Å². The molecule has 1 saturated carbocycles. The molecular weight excluding hydrogens is 208 g/mol. The van der Waals surface area contributed by atoms with Crippen molar-refractivity contribution in [3.8, 4) is 0 Å². The lowest BCUT2D eigenvalue weighted by Gasteiger charge is -2.24. The van der Waals surface area contributed by atoms with Gasteiger partial charge in [0.25, 0.3) is 0 Å². The fourth-order valence-electron chi connectivity index (χ4n) is 2.08. The molecule has 1 fully saturated rings. The van der Waals surface area contributed by atoms with Crippen molar-refractivity contribution in [3.05, 3.63) is 12.7 Å². The van der Waals surface area contributed by atoms with E-state index in [0.29, 0.717) is 0 Å². The Hall–Kier alpha value is -1.36. The molecule has 2 unspecified atom stereocenters. The van der Waals surface area contributed by atoms with Crippen molar-refractivity contribution in [3.63, 3.8) is 0 Å². The van der Waals surface area contributed by atoms with E-state index in [2.05, 4.69) is 6.58 Å². The third kappa shape index (κ3) is 3.06. The van der Waals surface area contributed by atoms with Crippen molar-refractivity contribution in [1.29, 1.82) is 0 Å². The summed E-state index contributed by atoms with van der Waals surface area (Å²) < 4.78 is 0. The minimum absolute atomic E-state index is 0.131. The monoisotopic (exact) mass is 226 g/mol. The van der Waals surface area contributed by atoms with Gasteiger partial charge in [-0.25, -0.2) is 0 Å². The van der Waals surface area contributed by atoms with Gasteiger partial charge in [0.1, 0.15) is 6.54 Å². The Labute approximate surface area is 94.9 Å². The summed E-state index contributed by atoms with van der Waals surface area (Å²) in [6.45, 7) is 3.49. The fraction of sp³-hybridized carbons (Fsp3) is 0.636. The van der Waals surface area contributed by atoms with Crippen molar-refractivity contribution < 1.29 is 14.7 Å². The average molecular weight is 226 g/mol. The van der Waals surface area contributed by atoms with Crippen LogP contribution in [0, 0.1) is 5.92 Å². The number of hydrogen-bond acceptors (Lipinski definition) is 3. The van der Waals surface area contributed by atoms with Gasteiger partial charge in [-0.15, -0.1) is 6.58 Å². The Balaban J connectivity index is 2.65. The molecule has 0 aromatic rings. The Bertz CT molecular complexity index is 291. The minimum Gasteiger partial charge on any atom is -0.480 e. The number of carboxylic acids is 1. The summed E-state index contributed by atoms with van der Waals surface area (Å²) in [5.41, 5.74) is 5.82. The van der Waals surface area contributed by atoms with E-state index < -0.39 is 5.97 Å². The summed E-state index contributed by atoms with van der Waals surface area (Å²) in [7, 11) is 0. The number of carbonyl (C=O) groups excluding carboxylic acids is 1. The van der Waals surface area contributed by atoms with E-state index in [0.717, 1.165) is 19.3 Å². The molecule has 0 aromatic carbocycles. The van der Waals surface area contributed by atoms with Crippen LogP contribution in [0.3, 0.4) is 0 Å². The number of rotatable bonds is 5. The molecule has 1 rings (SSSR count). The molecule has 0 heterocycles. The molecule has 1 aliphatic carbocycles. The summed E-state index contributed by atoms with van der Waals surface area (Å²) in [6, 6.07) is -0.131. The van der Waals surface area contributed by atoms with Gasteiger partial charge in [-0.2, -0.15) is 0 Å². The quantitative estimate of drug-likeness (QED) is 0.656. The largest absolute Gasteiger partial charge is 0.480 e. The molecule has 2 atom stereocenters. The smallest absolute Gasteiger partial charge is 0.323 e. The highest BCUT2D eigenvalue weighted by Crippen LogP contribution is 2.25. The molecule has 0 spiro atoms. The van der Waals surface area contributed by atoms with E-state index >= 15 is 0 Å². The van der Waals surface area contributed by atoms with Crippen LogP contribution < -0.4 is 5.73 Å². The van der Waals surface area contributed by atoms with Gasteiger partial charge in [-0.1, -0.05) is 12.5 Å². The SMILES string of the molecule is C=CCN(CC(=O)O)C(=O)C1CCCC1N. The first-order chi connectivity index (χ1) is 7.56. The first-order valence-electron chi connectivity index (χ1n) is 5.43. The molecule has 3 N–H and O–H groups in total. The lowest BCUT2D eigenvalue weighted by molar-refractivity contribution is -0.146. The van der Waals surface area contributed by atoms with Crippen molar-refractivity contribution in [2.24, 2.45) is 11.7 Å². The second-order valence-electron chi connectivity index (χ2n) is 4.10. The molecule has 0 aliphatic heterocycles. The van der Waals surface area contributed by atoms with E-state index in [9.17, 15) is 9.59 Å². The van der Waals surface area contributed by atoms with Crippen molar-refractivity contribution in [2.45, 2.75) is 25.3 Å². The fourth-order valence-corrected chi connectivity index (χ4v) is 2.08. The van der Waals surface area contributed by atoms with Crippen LogP contribution in [0.5, 0.6) is 0 Å². The molecule has 1 amide bonds. The van der Waals surface area contributed by atoms with Crippen LogP contribution in [0.4, 0.5) is 0 Å². The second kappa shape index (κ2) is 5.65. The first-order valence-corrected chi connectivity index (χ1v) is 5.43. The molecule has 5 nitrogen and oxygen atoms in total. The van der Waals surface area contributed by atoms with Crippen LogP contribution >= 0.6 is 0 Å². The highest BCUT2D eigenvalue weighted by molar-refractivity contribution is 5.84. The molecular formula is C11H18N2O3. The minimum atomic E-state index is -1.01. The van der Waals surface area contributed by atoms with Crippen LogP contribution in [0.25, 0.3) is 0 Å². The van der Waals surface area contributed by atoms with Gasteiger partial charge in [0.05, 0.1) is 5.92 Å². The number of carboxylic acid groups (broad SMARTS) is 1. The maximum atomic E-state index is 12.0. The zero-order valence-corrected chi connectivity index (χ0v) is 9.26. The maximum Gasteiger partial charge on any atom is 0.323 e. The van der Waals surface area contributed by atoms with Crippen molar-refractivity contribution in [2.75, 3.05) is 13.1 Å². The molecule has 5 heteroatoms. The van der Waals surface area contributed by atoms with Gasteiger partial charge in [-0.3, -0.25) is 9.59 Å². The predicted molar refractivity (Wildman–Crippen MR) is 59.7 cm³/mol. The highest BCUT2D eigenvalue weighted by atomic mass is 16.4. The molecule has 0 aromatic heterocycles. The van der Waals surface area contributed by atoms with E-state index in [1.165, 1.54) is 11.0 Å². The van der Waals surface area contributed by atoms with Crippen molar-refractivity contribution >= 4 is 11.9 Å².